The van der Waals surface area contributed by atoms with Crippen LogP contribution in [0.15, 0.2) is 127 Å². The van der Waals surface area contributed by atoms with E-state index in [1.807, 2.05) is 49.4 Å². The number of azo groups is 2. The molecule has 43 heavy (non-hydrogen) atoms. The van der Waals surface area contributed by atoms with Crippen LogP contribution in [0.5, 0.6) is 5.75 Å². The Morgan fingerprint density at radius 2 is 1.40 bits per heavy atom. The number of phenolic OH excluding ortho intramolecular Hbond substituents is 1. The monoisotopic (exact) mass is 617 g/mol. The SMILES string of the molecule is Cc1cc(N=Nc2c(SOOO)cc3cc(Nc4ccccc4)ccc3c2O)ccc1N=Nc1ccc(SOOO)cc1. The maximum absolute atomic E-state index is 11.1. The Kier molecular flexibility index (Phi) is 10.3. The number of rotatable bonds is 12. The van der Waals surface area contributed by atoms with Crippen LogP contribution in [-0.4, -0.2) is 15.6 Å². The lowest BCUT2D eigenvalue weighted by molar-refractivity contribution is -0.432. The summed E-state index contributed by atoms with van der Waals surface area (Å²) in [4.78, 5) is 1.07. The largest absolute Gasteiger partial charge is 0.505 e. The first kappa shape index (κ1) is 30.1. The molecule has 0 aliphatic rings. The Balaban J connectivity index is 1.36. The number of aromatic hydroxyl groups is 1. The summed E-state index contributed by atoms with van der Waals surface area (Å²) in [6.07, 6.45) is 0. The van der Waals surface area contributed by atoms with Gasteiger partial charge in [-0.25, -0.2) is 10.5 Å². The predicted molar refractivity (Wildman–Crippen MR) is 163 cm³/mol. The predicted octanol–water partition coefficient (Wildman–Crippen LogP) is 10.3. The lowest BCUT2D eigenvalue weighted by atomic mass is 10.1. The maximum atomic E-state index is 11.1. The highest BCUT2D eigenvalue weighted by Gasteiger charge is 2.16. The molecule has 4 N–H and O–H groups in total. The molecule has 5 rings (SSSR count). The smallest absolute Gasteiger partial charge is 0.152 e. The second-order valence-corrected chi connectivity index (χ2v) is 10.3. The van der Waals surface area contributed by atoms with Crippen molar-refractivity contribution in [2.24, 2.45) is 20.5 Å². The van der Waals surface area contributed by atoms with E-state index in [-0.39, 0.29) is 11.4 Å². The lowest BCUT2D eigenvalue weighted by Crippen LogP contribution is -1.90. The summed E-state index contributed by atoms with van der Waals surface area (Å²) >= 11 is 1.53. The number of nitrogens with one attached hydrogen (secondary N) is 1. The Labute approximate surface area is 253 Å². The van der Waals surface area contributed by atoms with Gasteiger partial charge in [-0.2, -0.15) is 15.3 Å². The van der Waals surface area contributed by atoms with Gasteiger partial charge in [-0.15, -0.1) is 13.8 Å². The molecule has 0 saturated carbocycles. The van der Waals surface area contributed by atoms with E-state index in [2.05, 4.69) is 44.5 Å². The number of para-hydroxylation sites is 1. The summed E-state index contributed by atoms with van der Waals surface area (Å²) < 4.78 is 9.06. The zero-order chi connectivity index (χ0) is 30.0. The quantitative estimate of drug-likeness (QED) is 0.0459. The molecule has 0 radical (unpaired) electrons. The van der Waals surface area contributed by atoms with E-state index < -0.39 is 0 Å². The van der Waals surface area contributed by atoms with Crippen molar-refractivity contribution >= 4 is 69.0 Å². The normalized spacial score (nSPS) is 11.6. The molecule has 0 atom stereocenters. The van der Waals surface area contributed by atoms with Crippen LogP contribution in [0.4, 0.5) is 34.1 Å². The third-order valence-electron chi connectivity index (χ3n) is 5.98. The second kappa shape index (κ2) is 14.7. The minimum absolute atomic E-state index is 0.112. The highest BCUT2D eigenvalue weighted by atomic mass is 32.2. The van der Waals surface area contributed by atoms with Crippen LogP contribution in [0.3, 0.4) is 0 Å². The standard InChI is InChI=1S/C29H23N5O7S2/c1-18-15-23(10-14-26(18)33-31-21-7-11-24(12-8-21)42-40-38-36)32-34-28-27(43-41-39-37)17-19-16-22(9-13-25(19)29(28)35)30-20-5-3-2-4-6-20/h2-17,30,35-37H,1H3. The van der Waals surface area contributed by atoms with Crippen LogP contribution in [0.25, 0.3) is 10.8 Å². The van der Waals surface area contributed by atoms with Crippen molar-refractivity contribution < 1.29 is 34.4 Å². The molecule has 218 valence electrons. The minimum atomic E-state index is -0.112. The highest BCUT2D eigenvalue weighted by molar-refractivity contribution is 7.94. The van der Waals surface area contributed by atoms with E-state index >= 15 is 0 Å². The third-order valence-corrected chi connectivity index (χ3v) is 7.20. The van der Waals surface area contributed by atoms with Crippen LogP contribution in [0, 0.1) is 6.92 Å². The van der Waals surface area contributed by atoms with Gasteiger partial charge in [-0.3, -0.25) is 0 Å². The molecule has 0 unspecified atom stereocenters. The molecule has 5 aromatic carbocycles. The van der Waals surface area contributed by atoms with Crippen molar-refractivity contribution in [1.29, 1.82) is 0 Å². The molecule has 5 aromatic rings. The molecule has 0 spiro atoms. The number of hydrogen-bond donors (Lipinski definition) is 4. The van der Waals surface area contributed by atoms with Gasteiger partial charge in [0, 0.05) is 21.7 Å². The summed E-state index contributed by atoms with van der Waals surface area (Å²) in [6, 6.07) is 29.1. The number of hydrogen-bond acceptors (Lipinski definition) is 14. The average Bonchev–Trinajstić information content (AvgIpc) is 3.03. The fraction of sp³-hybridized carbons (Fsp3) is 0.0345. The number of anilines is 2. The number of nitrogens with zero attached hydrogens (tertiary/aromatic N) is 4. The van der Waals surface area contributed by atoms with Crippen molar-refractivity contribution in [1.82, 2.24) is 0 Å². The van der Waals surface area contributed by atoms with E-state index in [4.69, 9.17) is 10.5 Å². The van der Waals surface area contributed by atoms with Gasteiger partial charge in [0.1, 0.15) is 5.69 Å². The Morgan fingerprint density at radius 3 is 2.14 bits per heavy atom. The van der Waals surface area contributed by atoms with E-state index in [0.29, 0.717) is 49.7 Å². The van der Waals surface area contributed by atoms with Crippen LogP contribution < -0.4 is 5.32 Å². The Bertz CT molecular complexity index is 1760. The number of fused-ring (bicyclic) bond motifs is 1. The minimum Gasteiger partial charge on any atom is -0.505 e. The molecule has 0 saturated heterocycles. The first-order chi connectivity index (χ1) is 21.0. The topological polar surface area (TPSA) is 159 Å². The van der Waals surface area contributed by atoms with Crippen molar-refractivity contribution in [3.8, 4) is 5.75 Å². The van der Waals surface area contributed by atoms with Crippen LogP contribution in [0.1, 0.15) is 5.56 Å². The lowest BCUT2D eigenvalue weighted by Gasteiger charge is -2.11. The van der Waals surface area contributed by atoms with E-state index in [0.717, 1.165) is 29.0 Å². The Hall–Kier alpha value is -4.38. The molecule has 0 fully saturated rings. The van der Waals surface area contributed by atoms with Crippen LogP contribution in [-0.2, 0) is 18.7 Å². The molecule has 0 aliphatic carbocycles. The van der Waals surface area contributed by atoms with Crippen molar-refractivity contribution in [3.63, 3.8) is 0 Å². The fourth-order valence-electron chi connectivity index (χ4n) is 3.99. The highest BCUT2D eigenvalue weighted by Crippen LogP contribution is 2.44. The summed E-state index contributed by atoms with van der Waals surface area (Å²) in [5, 5.41) is 57.2. The summed E-state index contributed by atoms with van der Waals surface area (Å²) in [5.74, 6) is -0.112. The third kappa shape index (κ3) is 7.92. The van der Waals surface area contributed by atoms with Crippen LogP contribution >= 0.6 is 24.1 Å². The van der Waals surface area contributed by atoms with Crippen molar-refractivity contribution in [3.05, 3.63) is 103 Å². The number of phenols is 1. The van der Waals surface area contributed by atoms with Gasteiger partial charge in [-0.1, -0.05) is 28.3 Å². The van der Waals surface area contributed by atoms with Gasteiger partial charge in [0.2, 0.25) is 0 Å². The molecule has 0 amide bonds. The molecule has 0 heterocycles. The Morgan fingerprint density at radius 1 is 0.674 bits per heavy atom. The van der Waals surface area contributed by atoms with Crippen molar-refractivity contribution in [2.75, 3.05) is 5.32 Å². The first-order valence-corrected chi connectivity index (χ1v) is 14.0. The molecular formula is C29H23N5O7S2. The molecule has 0 bridgehead atoms. The molecule has 0 aromatic heterocycles. The average molecular weight is 618 g/mol. The molecule has 14 heteroatoms. The van der Waals surface area contributed by atoms with E-state index in [9.17, 15) is 5.11 Å². The summed E-state index contributed by atoms with van der Waals surface area (Å²) in [5.41, 5.74) is 4.43. The summed E-state index contributed by atoms with van der Waals surface area (Å²) in [6.45, 7) is 1.86. The van der Waals surface area contributed by atoms with Gasteiger partial charge in [0.15, 0.2) is 5.75 Å². The van der Waals surface area contributed by atoms with E-state index in [1.165, 1.54) is 0 Å². The molecule has 0 aliphatic heterocycles. The number of aryl methyl sites for hydroxylation is 1. The first-order valence-electron chi connectivity index (χ1n) is 12.5. The molecular weight excluding hydrogens is 594 g/mol. The zero-order valence-electron chi connectivity index (χ0n) is 22.3. The number of benzene rings is 5. The van der Waals surface area contributed by atoms with Gasteiger partial charge in [0.25, 0.3) is 0 Å². The summed E-state index contributed by atoms with van der Waals surface area (Å²) in [7, 11) is 0. The van der Waals surface area contributed by atoms with Gasteiger partial charge in [-0.05, 0) is 96.7 Å². The second-order valence-electron chi connectivity index (χ2n) is 8.82. The van der Waals surface area contributed by atoms with Crippen LogP contribution in [0.2, 0.25) is 0 Å². The molecule has 12 nitrogen and oxygen atoms in total. The van der Waals surface area contributed by atoms with Crippen molar-refractivity contribution in [2.45, 2.75) is 16.7 Å². The zero-order valence-corrected chi connectivity index (χ0v) is 24.0. The van der Waals surface area contributed by atoms with Gasteiger partial charge >= 0.3 is 0 Å². The fourth-order valence-corrected chi connectivity index (χ4v) is 4.84. The van der Waals surface area contributed by atoms with Gasteiger partial charge < -0.3 is 10.4 Å². The van der Waals surface area contributed by atoms with E-state index in [1.54, 1.807) is 54.6 Å². The maximum Gasteiger partial charge on any atom is 0.152 e. The van der Waals surface area contributed by atoms with Gasteiger partial charge in [0.05, 0.1) is 46.0 Å².